The van der Waals surface area contributed by atoms with Gasteiger partial charge in [0, 0.05) is 25.5 Å². The van der Waals surface area contributed by atoms with Crippen molar-refractivity contribution in [2.75, 3.05) is 12.4 Å². The molecule has 1 aromatic carbocycles. The van der Waals surface area contributed by atoms with Crippen LogP contribution in [0, 0.1) is 5.82 Å². The predicted octanol–water partition coefficient (Wildman–Crippen LogP) is 2.18. The van der Waals surface area contributed by atoms with Crippen LogP contribution in [0.25, 0.3) is 0 Å². The number of rotatable bonds is 4. The second-order valence-corrected chi connectivity index (χ2v) is 3.65. The van der Waals surface area contributed by atoms with Crippen molar-refractivity contribution in [3.05, 3.63) is 42.2 Å². The Morgan fingerprint density at radius 3 is 2.94 bits per heavy atom. The molecule has 0 aliphatic heterocycles. The predicted molar refractivity (Wildman–Crippen MR) is 63.5 cm³/mol. The molecular weight excluding hydrogens is 221 g/mol. The lowest BCUT2D eigenvalue weighted by Crippen LogP contribution is -2.06. The molecule has 1 aromatic heterocycles. The van der Waals surface area contributed by atoms with Gasteiger partial charge >= 0.3 is 0 Å². The first-order chi connectivity index (χ1) is 8.20. The van der Waals surface area contributed by atoms with Crippen LogP contribution in [0.1, 0.15) is 5.82 Å². The molecule has 2 aromatic rings. The number of nitrogens with one attached hydrogen (secondary N) is 1. The second-order valence-electron chi connectivity index (χ2n) is 3.65. The normalized spacial score (nSPS) is 10.3. The van der Waals surface area contributed by atoms with Gasteiger partial charge in [0.05, 0.1) is 19.3 Å². The van der Waals surface area contributed by atoms with Crippen molar-refractivity contribution in [3.8, 4) is 5.75 Å². The molecule has 90 valence electrons. The molecule has 0 bridgehead atoms. The molecular formula is C12H14FN3O. The number of ether oxygens (including phenoxy) is 1. The second kappa shape index (κ2) is 4.86. The van der Waals surface area contributed by atoms with Crippen molar-refractivity contribution < 1.29 is 9.13 Å². The number of imidazole rings is 1. The molecule has 0 saturated carbocycles. The number of halogens is 1. The van der Waals surface area contributed by atoms with Gasteiger partial charge in [-0.3, -0.25) is 0 Å². The third-order valence-corrected chi connectivity index (χ3v) is 2.52. The summed E-state index contributed by atoms with van der Waals surface area (Å²) in [6.07, 6.45) is 3.61. The highest BCUT2D eigenvalue weighted by atomic mass is 19.1. The van der Waals surface area contributed by atoms with Gasteiger partial charge in [0.2, 0.25) is 0 Å². The number of aryl methyl sites for hydroxylation is 1. The fourth-order valence-electron chi connectivity index (χ4n) is 1.55. The van der Waals surface area contributed by atoms with E-state index in [0.717, 1.165) is 11.5 Å². The Morgan fingerprint density at radius 1 is 1.47 bits per heavy atom. The summed E-state index contributed by atoms with van der Waals surface area (Å²) < 4.78 is 20.0. The fraction of sp³-hybridized carbons (Fsp3) is 0.250. The lowest BCUT2D eigenvalue weighted by Gasteiger charge is -2.10. The van der Waals surface area contributed by atoms with Crippen molar-refractivity contribution in [2.45, 2.75) is 6.54 Å². The molecule has 0 spiro atoms. The van der Waals surface area contributed by atoms with E-state index >= 15 is 0 Å². The van der Waals surface area contributed by atoms with Crippen LogP contribution in [0.3, 0.4) is 0 Å². The van der Waals surface area contributed by atoms with Crippen molar-refractivity contribution in [1.29, 1.82) is 0 Å². The van der Waals surface area contributed by atoms with E-state index < -0.39 is 0 Å². The topological polar surface area (TPSA) is 39.1 Å². The summed E-state index contributed by atoms with van der Waals surface area (Å²) in [5.74, 6) is 1.07. The molecule has 2 rings (SSSR count). The molecule has 0 amide bonds. The highest BCUT2D eigenvalue weighted by Gasteiger charge is 2.05. The molecule has 0 unspecified atom stereocenters. The van der Waals surface area contributed by atoms with Gasteiger partial charge in [0.25, 0.3) is 0 Å². The van der Waals surface area contributed by atoms with Gasteiger partial charge in [-0.1, -0.05) is 0 Å². The zero-order valence-electron chi connectivity index (χ0n) is 9.77. The third kappa shape index (κ3) is 2.55. The van der Waals surface area contributed by atoms with Crippen LogP contribution < -0.4 is 10.1 Å². The highest BCUT2D eigenvalue weighted by Crippen LogP contribution is 2.25. The van der Waals surface area contributed by atoms with Gasteiger partial charge in [0.1, 0.15) is 17.4 Å². The molecule has 4 nitrogen and oxygen atoms in total. The Morgan fingerprint density at radius 2 is 2.29 bits per heavy atom. The van der Waals surface area contributed by atoms with E-state index in [1.54, 1.807) is 12.3 Å². The molecule has 1 heterocycles. The first-order valence-electron chi connectivity index (χ1n) is 5.24. The lowest BCUT2D eigenvalue weighted by molar-refractivity contribution is 0.413. The number of methoxy groups -OCH3 is 1. The number of aromatic nitrogens is 2. The van der Waals surface area contributed by atoms with E-state index in [9.17, 15) is 4.39 Å². The smallest absolute Gasteiger partial charge is 0.144 e. The molecule has 1 N–H and O–H groups in total. The van der Waals surface area contributed by atoms with Gasteiger partial charge in [-0.05, 0) is 12.1 Å². The SMILES string of the molecule is COc1cc(F)ccc1NCc1nccn1C. The van der Waals surface area contributed by atoms with Gasteiger partial charge in [-0.15, -0.1) is 0 Å². The van der Waals surface area contributed by atoms with E-state index in [2.05, 4.69) is 10.3 Å². The number of nitrogens with zero attached hydrogens (tertiary/aromatic N) is 2. The van der Waals surface area contributed by atoms with E-state index in [-0.39, 0.29) is 5.82 Å². The summed E-state index contributed by atoms with van der Waals surface area (Å²) in [5.41, 5.74) is 0.747. The lowest BCUT2D eigenvalue weighted by atomic mass is 10.3. The summed E-state index contributed by atoms with van der Waals surface area (Å²) in [6, 6.07) is 4.39. The van der Waals surface area contributed by atoms with Crippen molar-refractivity contribution in [3.63, 3.8) is 0 Å². The minimum absolute atomic E-state index is 0.315. The Labute approximate surface area is 99.1 Å². The summed E-state index contributed by atoms with van der Waals surface area (Å²) in [4.78, 5) is 4.19. The van der Waals surface area contributed by atoms with Crippen molar-refractivity contribution in [1.82, 2.24) is 9.55 Å². The average molecular weight is 235 g/mol. The quantitative estimate of drug-likeness (QED) is 0.882. The van der Waals surface area contributed by atoms with Crippen molar-refractivity contribution >= 4 is 5.69 Å². The third-order valence-electron chi connectivity index (χ3n) is 2.52. The number of anilines is 1. The Balaban J connectivity index is 2.11. The van der Waals surface area contributed by atoms with Gasteiger partial charge in [-0.25, -0.2) is 9.37 Å². The number of benzene rings is 1. The van der Waals surface area contributed by atoms with Gasteiger partial charge in [0.15, 0.2) is 0 Å². The Hall–Kier alpha value is -2.04. The van der Waals surface area contributed by atoms with Gasteiger partial charge < -0.3 is 14.6 Å². The minimum Gasteiger partial charge on any atom is -0.494 e. The molecule has 5 heteroatoms. The molecule has 0 fully saturated rings. The molecule has 0 aliphatic carbocycles. The zero-order valence-corrected chi connectivity index (χ0v) is 9.77. The van der Waals surface area contributed by atoms with Gasteiger partial charge in [-0.2, -0.15) is 0 Å². The van der Waals surface area contributed by atoms with E-state index in [1.807, 2.05) is 17.8 Å². The summed E-state index contributed by atoms with van der Waals surface area (Å²) in [7, 11) is 3.44. The summed E-state index contributed by atoms with van der Waals surface area (Å²) >= 11 is 0. The monoisotopic (exact) mass is 235 g/mol. The van der Waals surface area contributed by atoms with E-state index in [1.165, 1.54) is 19.2 Å². The zero-order chi connectivity index (χ0) is 12.3. The summed E-state index contributed by atoms with van der Waals surface area (Å²) in [5, 5.41) is 3.16. The Kier molecular flexibility index (Phi) is 3.27. The van der Waals surface area contributed by atoms with E-state index in [4.69, 9.17) is 4.74 Å². The maximum absolute atomic E-state index is 13.0. The first-order valence-corrected chi connectivity index (χ1v) is 5.24. The molecule has 17 heavy (non-hydrogen) atoms. The van der Waals surface area contributed by atoms with Crippen LogP contribution in [-0.4, -0.2) is 16.7 Å². The van der Waals surface area contributed by atoms with Crippen molar-refractivity contribution in [2.24, 2.45) is 7.05 Å². The fourth-order valence-corrected chi connectivity index (χ4v) is 1.55. The van der Waals surface area contributed by atoms with Crippen LogP contribution in [-0.2, 0) is 13.6 Å². The molecule has 0 radical (unpaired) electrons. The maximum atomic E-state index is 13.0. The van der Waals surface area contributed by atoms with Crippen LogP contribution >= 0.6 is 0 Å². The van der Waals surface area contributed by atoms with Crippen LogP contribution in [0.4, 0.5) is 10.1 Å². The minimum atomic E-state index is -0.315. The molecule has 0 aliphatic rings. The number of hydrogen-bond acceptors (Lipinski definition) is 3. The summed E-state index contributed by atoms with van der Waals surface area (Å²) in [6.45, 7) is 0.561. The largest absolute Gasteiger partial charge is 0.494 e. The van der Waals surface area contributed by atoms with Crippen LogP contribution in [0.15, 0.2) is 30.6 Å². The molecule has 0 saturated heterocycles. The standard InChI is InChI=1S/C12H14FN3O/c1-16-6-5-14-12(16)8-15-10-4-3-9(13)7-11(10)17-2/h3-7,15H,8H2,1-2H3. The highest BCUT2D eigenvalue weighted by molar-refractivity contribution is 5.56. The van der Waals surface area contributed by atoms with E-state index in [0.29, 0.717) is 12.3 Å². The Bertz CT molecular complexity index is 510. The first kappa shape index (κ1) is 11.4. The number of hydrogen-bond donors (Lipinski definition) is 1. The van der Waals surface area contributed by atoms with Crippen LogP contribution in [0.2, 0.25) is 0 Å². The molecule has 0 atom stereocenters. The maximum Gasteiger partial charge on any atom is 0.144 e. The van der Waals surface area contributed by atoms with Crippen LogP contribution in [0.5, 0.6) is 5.75 Å². The average Bonchev–Trinajstić information content (AvgIpc) is 2.73.